The number of para-hydroxylation sites is 1. The number of ether oxygens (including phenoxy) is 1. The monoisotopic (exact) mass is 273 g/mol. The van der Waals surface area contributed by atoms with Crippen molar-refractivity contribution in [1.29, 1.82) is 0 Å². The van der Waals surface area contributed by atoms with E-state index in [0.29, 0.717) is 6.61 Å². The summed E-state index contributed by atoms with van der Waals surface area (Å²) in [6.45, 7) is 7.69. The highest BCUT2D eigenvalue weighted by molar-refractivity contribution is 5.76. The Hall–Kier alpha value is -1.97. The molecule has 4 heteroatoms. The molecule has 1 heterocycles. The SMILES string of the molecule is CCCc1nc(-c2ccccc2OCC)c(N)n1CC. The van der Waals surface area contributed by atoms with Crippen LogP contribution in [0.15, 0.2) is 24.3 Å². The minimum atomic E-state index is 0.632. The zero-order valence-electron chi connectivity index (χ0n) is 12.5. The van der Waals surface area contributed by atoms with E-state index in [1.807, 2.05) is 31.2 Å². The quantitative estimate of drug-likeness (QED) is 0.876. The number of rotatable bonds is 6. The molecule has 0 radical (unpaired) electrons. The van der Waals surface area contributed by atoms with E-state index >= 15 is 0 Å². The Balaban J connectivity index is 2.52. The van der Waals surface area contributed by atoms with E-state index in [1.165, 1.54) is 0 Å². The molecule has 20 heavy (non-hydrogen) atoms. The normalized spacial score (nSPS) is 10.8. The van der Waals surface area contributed by atoms with Crippen molar-refractivity contribution >= 4 is 5.82 Å². The Kier molecular flexibility index (Phi) is 4.66. The molecular weight excluding hydrogens is 250 g/mol. The van der Waals surface area contributed by atoms with Gasteiger partial charge in [0, 0.05) is 18.5 Å². The van der Waals surface area contributed by atoms with Gasteiger partial charge in [-0.3, -0.25) is 0 Å². The molecule has 0 spiro atoms. The van der Waals surface area contributed by atoms with Gasteiger partial charge in [0.1, 0.15) is 23.1 Å². The molecule has 1 aromatic heterocycles. The summed E-state index contributed by atoms with van der Waals surface area (Å²) >= 11 is 0. The standard InChI is InChI=1S/C16H23N3O/c1-4-9-14-18-15(16(17)19(14)5-2)12-10-7-8-11-13(12)20-6-3/h7-8,10-11H,4-6,9,17H2,1-3H3. The van der Waals surface area contributed by atoms with Crippen molar-refractivity contribution in [3.05, 3.63) is 30.1 Å². The van der Waals surface area contributed by atoms with Crippen LogP contribution in [0.4, 0.5) is 5.82 Å². The van der Waals surface area contributed by atoms with Gasteiger partial charge in [0.25, 0.3) is 0 Å². The third-order valence-corrected chi connectivity index (χ3v) is 3.32. The average Bonchev–Trinajstić information content (AvgIpc) is 2.76. The Morgan fingerprint density at radius 3 is 2.60 bits per heavy atom. The van der Waals surface area contributed by atoms with Crippen LogP contribution in [0.3, 0.4) is 0 Å². The second-order valence-electron chi connectivity index (χ2n) is 4.69. The molecule has 0 atom stereocenters. The van der Waals surface area contributed by atoms with E-state index in [0.717, 1.165) is 48.0 Å². The number of benzene rings is 1. The minimum absolute atomic E-state index is 0.632. The Labute approximate surface area is 120 Å². The van der Waals surface area contributed by atoms with Crippen LogP contribution in [0.1, 0.15) is 33.0 Å². The Morgan fingerprint density at radius 2 is 1.95 bits per heavy atom. The summed E-state index contributed by atoms with van der Waals surface area (Å²) in [4.78, 5) is 4.74. The number of hydrogen-bond donors (Lipinski definition) is 1. The number of hydrogen-bond acceptors (Lipinski definition) is 3. The van der Waals surface area contributed by atoms with Crippen LogP contribution >= 0.6 is 0 Å². The van der Waals surface area contributed by atoms with Crippen molar-refractivity contribution in [3.8, 4) is 17.0 Å². The molecule has 0 amide bonds. The fraction of sp³-hybridized carbons (Fsp3) is 0.438. The third-order valence-electron chi connectivity index (χ3n) is 3.32. The lowest BCUT2D eigenvalue weighted by atomic mass is 10.1. The number of anilines is 1. The number of nitrogen functional groups attached to an aromatic ring is 1. The van der Waals surface area contributed by atoms with E-state index < -0.39 is 0 Å². The molecule has 2 N–H and O–H groups in total. The zero-order valence-corrected chi connectivity index (χ0v) is 12.5. The molecule has 0 saturated heterocycles. The highest BCUT2D eigenvalue weighted by atomic mass is 16.5. The molecule has 108 valence electrons. The van der Waals surface area contributed by atoms with Crippen LogP contribution < -0.4 is 10.5 Å². The van der Waals surface area contributed by atoms with Crippen molar-refractivity contribution in [2.45, 2.75) is 40.2 Å². The van der Waals surface area contributed by atoms with Gasteiger partial charge in [-0.05, 0) is 32.4 Å². The maximum atomic E-state index is 6.29. The Bertz CT molecular complexity index is 575. The van der Waals surface area contributed by atoms with Crippen LogP contribution in [0.25, 0.3) is 11.3 Å². The van der Waals surface area contributed by atoms with Gasteiger partial charge in [0.05, 0.1) is 6.61 Å². The summed E-state index contributed by atoms with van der Waals surface area (Å²) in [5.41, 5.74) is 8.09. The summed E-state index contributed by atoms with van der Waals surface area (Å²) in [6, 6.07) is 7.93. The van der Waals surface area contributed by atoms with Crippen LogP contribution in [0, 0.1) is 0 Å². The summed E-state index contributed by atoms with van der Waals surface area (Å²) in [5, 5.41) is 0. The van der Waals surface area contributed by atoms with Gasteiger partial charge in [0.15, 0.2) is 0 Å². The fourth-order valence-electron chi connectivity index (χ4n) is 2.42. The van der Waals surface area contributed by atoms with Gasteiger partial charge >= 0.3 is 0 Å². The smallest absolute Gasteiger partial charge is 0.131 e. The molecular formula is C16H23N3O. The van der Waals surface area contributed by atoms with Gasteiger partial charge in [-0.15, -0.1) is 0 Å². The zero-order chi connectivity index (χ0) is 14.5. The molecule has 1 aromatic carbocycles. The highest BCUT2D eigenvalue weighted by Gasteiger charge is 2.17. The van der Waals surface area contributed by atoms with Crippen molar-refractivity contribution in [2.75, 3.05) is 12.3 Å². The van der Waals surface area contributed by atoms with Crippen LogP contribution in [0.5, 0.6) is 5.75 Å². The molecule has 0 aliphatic heterocycles. The maximum absolute atomic E-state index is 6.29. The first-order valence-electron chi connectivity index (χ1n) is 7.29. The second kappa shape index (κ2) is 6.46. The first-order chi connectivity index (χ1) is 9.72. The highest BCUT2D eigenvalue weighted by Crippen LogP contribution is 2.33. The van der Waals surface area contributed by atoms with E-state index in [9.17, 15) is 0 Å². The number of imidazole rings is 1. The molecule has 4 nitrogen and oxygen atoms in total. The van der Waals surface area contributed by atoms with Crippen LogP contribution in [0.2, 0.25) is 0 Å². The largest absolute Gasteiger partial charge is 0.493 e. The summed E-state index contributed by atoms with van der Waals surface area (Å²) < 4.78 is 7.77. The van der Waals surface area contributed by atoms with E-state index in [1.54, 1.807) is 0 Å². The molecule has 0 unspecified atom stereocenters. The first-order valence-corrected chi connectivity index (χ1v) is 7.29. The van der Waals surface area contributed by atoms with Gasteiger partial charge in [-0.25, -0.2) is 4.98 Å². The first kappa shape index (κ1) is 14.4. The van der Waals surface area contributed by atoms with E-state index in [2.05, 4.69) is 18.4 Å². The fourth-order valence-corrected chi connectivity index (χ4v) is 2.42. The Morgan fingerprint density at radius 1 is 1.20 bits per heavy atom. The van der Waals surface area contributed by atoms with Crippen molar-refractivity contribution in [3.63, 3.8) is 0 Å². The summed E-state index contributed by atoms with van der Waals surface area (Å²) in [6.07, 6.45) is 2.00. The lowest BCUT2D eigenvalue weighted by molar-refractivity contribution is 0.341. The van der Waals surface area contributed by atoms with E-state index in [4.69, 9.17) is 15.5 Å². The maximum Gasteiger partial charge on any atom is 0.131 e. The number of nitrogens with zero attached hydrogens (tertiary/aromatic N) is 2. The lowest BCUT2D eigenvalue weighted by Gasteiger charge is -2.09. The molecule has 0 fully saturated rings. The number of nitrogens with two attached hydrogens (primary N) is 1. The van der Waals surface area contributed by atoms with Gasteiger partial charge in [0.2, 0.25) is 0 Å². The lowest BCUT2D eigenvalue weighted by Crippen LogP contribution is -2.05. The van der Waals surface area contributed by atoms with Gasteiger partial charge in [-0.1, -0.05) is 19.1 Å². The number of aromatic nitrogens is 2. The molecule has 0 bridgehead atoms. The van der Waals surface area contributed by atoms with E-state index in [-0.39, 0.29) is 0 Å². The average molecular weight is 273 g/mol. The predicted molar refractivity (Wildman–Crippen MR) is 82.9 cm³/mol. The molecule has 0 aliphatic rings. The van der Waals surface area contributed by atoms with Crippen LogP contribution in [-0.4, -0.2) is 16.2 Å². The number of aryl methyl sites for hydroxylation is 1. The van der Waals surface area contributed by atoms with Crippen molar-refractivity contribution in [2.24, 2.45) is 0 Å². The molecule has 2 aromatic rings. The van der Waals surface area contributed by atoms with Gasteiger partial charge < -0.3 is 15.0 Å². The third kappa shape index (κ3) is 2.64. The summed E-state index contributed by atoms with van der Waals surface area (Å²) in [5.74, 6) is 2.61. The van der Waals surface area contributed by atoms with Crippen molar-refractivity contribution in [1.82, 2.24) is 9.55 Å². The molecule has 0 aliphatic carbocycles. The van der Waals surface area contributed by atoms with Crippen molar-refractivity contribution < 1.29 is 4.74 Å². The molecule has 2 rings (SSSR count). The summed E-state index contributed by atoms with van der Waals surface area (Å²) in [7, 11) is 0. The molecule has 0 saturated carbocycles. The topological polar surface area (TPSA) is 53.1 Å². The van der Waals surface area contributed by atoms with Gasteiger partial charge in [-0.2, -0.15) is 0 Å². The predicted octanol–water partition coefficient (Wildman–Crippen LogP) is 3.50. The van der Waals surface area contributed by atoms with Crippen LogP contribution in [-0.2, 0) is 13.0 Å². The second-order valence-corrected chi connectivity index (χ2v) is 4.69. The minimum Gasteiger partial charge on any atom is -0.493 e.